The fraction of sp³-hybridized carbons (Fsp3) is 0.467. The van der Waals surface area contributed by atoms with Crippen LogP contribution in [0.2, 0.25) is 0 Å². The molecule has 9 heteroatoms. The number of carbonyl (C=O) groups excluding carboxylic acids is 2. The standard InChI is InChI=1S/C15H21N3O5S/c1-23-11-14(19)17-7-9-18(10-8-17)15(20)12-3-5-13(6-4-12)16-24(2,21)22/h3-6,16H,7-11H2,1-2H3. The molecule has 0 spiro atoms. The third-order valence-electron chi connectivity index (χ3n) is 3.62. The molecule has 8 nitrogen and oxygen atoms in total. The van der Waals surface area contributed by atoms with E-state index in [1.54, 1.807) is 34.1 Å². The average molecular weight is 355 g/mol. The zero-order valence-electron chi connectivity index (χ0n) is 13.7. The van der Waals surface area contributed by atoms with Crippen LogP contribution < -0.4 is 4.72 Å². The Balaban J connectivity index is 1.94. The second-order valence-corrected chi connectivity index (χ2v) is 7.31. The lowest BCUT2D eigenvalue weighted by molar-refractivity contribution is -0.136. The van der Waals surface area contributed by atoms with Crippen LogP contribution in [0.5, 0.6) is 0 Å². The van der Waals surface area contributed by atoms with E-state index in [-0.39, 0.29) is 18.4 Å². The Hall–Kier alpha value is -2.13. The molecule has 0 aliphatic carbocycles. The zero-order valence-corrected chi connectivity index (χ0v) is 14.5. The number of ether oxygens (including phenoxy) is 1. The number of sulfonamides is 1. The van der Waals surface area contributed by atoms with Gasteiger partial charge >= 0.3 is 0 Å². The summed E-state index contributed by atoms with van der Waals surface area (Å²) in [5.74, 6) is -0.222. The molecule has 0 bridgehead atoms. The van der Waals surface area contributed by atoms with Gasteiger partial charge < -0.3 is 14.5 Å². The molecule has 2 amide bonds. The molecule has 132 valence electrons. The van der Waals surface area contributed by atoms with E-state index in [1.807, 2.05) is 0 Å². The fourth-order valence-corrected chi connectivity index (χ4v) is 3.02. The lowest BCUT2D eigenvalue weighted by Gasteiger charge is -2.34. The van der Waals surface area contributed by atoms with E-state index in [4.69, 9.17) is 4.74 Å². The third kappa shape index (κ3) is 4.93. The molecule has 1 fully saturated rings. The number of amides is 2. The topological polar surface area (TPSA) is 96.0 Å². The van der Waals surface area contributed by atoms with E-state index in [0.29, 0.717) is 37.4 Å². The van der Waals surface area contributed by atoms with E-state index in [1.165, 1.54) is 7.11 Å². The van der Waals surface area contributed by atoms with E-state index in [2.05, 4.69) is 4.72 Å². The molecule has 2 rings (SSSR count). The van der Waals surface area contributed by atoms with E-state index < -0.39 is 10.0 Å². The molecule has 1 aromatic rings. The largest absolute Gasteiger partial charge is 0.375 e. The van der Waals surface area contributed by atoms with Crippen molar-refractivity contribution in [2.75, 3.05) is 50.9 Å². The van der Waals surface area contributed by atoms with Gasteiger partial charge in [0.05, 0.1) is 6.26 Å². The number of benzene rings is 1. The molecule has 1 aliphatic heterocycles. The van der Waals surface area contributed by atoms with Gasteiger partial charge in [0.1, 0.15) is 6.61 Å². The molecule has 1 aromatic carbocycles. The van der Waals surface area contributed by atoms with Gasteiger partial charge in [-0.15, -0.1) is 0 Å². The smallest absolute Gasteiger partial charge is 0.253 e. The predicted molar refractivity (Wildman–Crippen MR) is 89.3 cm³/mol. The Labute approximate surface area is 141 Å². The number of anilines is 1. The molecule has 0 radical (unpaired) electrons. The van der Waals surface area contributed by atoms with Crippen molar-refractivity contribution in [1.29, 1.82) is 0 Å². The molecule has 1 aliphatic rings. The van der Waals surface area contributed by atoms with Gasteiger partial charge in [-0.2, -0.15) is 0 Å². The normalized spacial score (nSPS) is 15.2. The first-order valence-electron chi connectivity index (χ1n) is 7.44. The van der Waals surface area contributed by atoms with Gasteiger partial charge in [0, 0.05) is 44.5 Å². The first kappa shape index (κ1) is 18.2. The molecule has 0 aromatic heterocycles. The van der Waals surface area contributed by atoms with Crippen molar-refractivity contribution in [3.05, 3.63) is 29.8 Å². The van der Waals surface area contributed by atoms with Gasteiger partial charge in [0.15, 0.2) is 0 Å². The Morgan fingerprint density at radius 2 is 1.62 bits per heavy atom. The monoisotopic (exact) mass is 355 g/mol. The molecule has 0 unspecified atom stereocenters. The predicted octanol–water partition coefficient (Wildman–Crippen LogP) is -0.0111. The maximum atomic E-state index is 12.5. The summed E-state index contributed by atoms with van der Waals surface area (Å²) in [6, 6.07) is 6.26. The summed E-state index contributed by atoms with van der Waals surface area (Å²) in [5.41, 5.74) is 0.884. The van der Waals surface area contributed by atoms with E-state index >= 15 is 0 Å². The number of nitrogens with one attached hydrogen (secondary N) is 1. The van der Waals surface area contributed by atoms with Gasteiger partial charge in [0.2, 0.25) is 15.9 Å². The minimum Gasteiger partial charge on any atom is -0.375 e. The molecular formula is C15H21N3O5S. The number of piperazine rings is 1. The van der Waals surface area contributed by atoms with Crippen molar-refractivity contribution in [2.45, 2.75) is 0 Å². The van der Waals surface area contributed by atoms with Crippen LogP contribution in [-0.4, -0.2) is 76.2 Å². The summed E-state index contributed by atoms with van der Waals surface area (Å²) in [6.07, 6.45) is 1.07. The van der Waals surface area contributed by atoms with Crippen LogP contribution in [0.15, 0.2) is 24.3 Å². The summed E-state index contributed by atoms with van der Waals surface area (Å²) >= 11 is 0. The lowest BCUT2D eigenvalue weighted by atomic mass is 10.1. The maximum Gasteiger partial charge on any atom is 0.253 e. The Morgan fingerprint density at radius 3 is 2.12 bits per heavy atom. The van der Waals surface area contributed by atoms with Crippen molar-refractivity contribution >= 4 is 27.5 Å². The quantitative estimate of drug-likeness (QED) is 0.801. The second-order valence-electron chi connectivity index (χ2n) is 5.56. The Morgan fingerprint density at radius 1 is 1.08 bits per heavy atom. The third-order valence-corrected chi connectivity index (χ3v) is 4.23. The summed E-state index contributed by atoms with van der Waals surface area (Å²) < 4.78 is 29.5. The molecule has 0 saturated carbocycles. The highest BCUT2D eigenvalue weighted by molar-refractivity contribution is 7.92. The molecule has 0 atom stereocenters. The van der Waals surface area contributed by atoms with Crippen LogP contribution >= 0.6 is 0 Å². The fourth-order valence-electron chi connectivity index (χ4n) is 2.45. The average Bonchev–Trinajstić information content (AvgIpc) is 2.54. The Kier molecular flexibility index (Phi) is 5.79. The zero-order chi connectivity index (χ0) is 17.7. The van der Waals surface area contributed by atoms with Crippen LogP contribution in [0.3, 0.4) is 0 Å². The summed E-state index contributed by atoms with van der Waals surface area (Å²) in [4.78, 5) is 27.5. The van der Waals surface area contributed by atoms with Gasteiger partial charge in [-0.3, -0.25) is 14.3 Å². The molecule has 1 N–H and O–H groups in total. The summed E-state index contributed by atoms with van der Waals surface area (Å²) in [7, 11) is -1.87. The molecule has 1 saturated heterocycles. The first-order valence-corrected chi connectivity index (χ1v) is 9.33. The highest BCUT2D eigenvalue weighted by Crippen LogP contribution is 2.14. The van der Waals surface area contributed by atoms with Crippen LogP contribution in [0.25, 0.3) is 0 Å². The van der Waals surface area contributed by atoms with Crippen LogP contribution in [0, 0.1) is 0 Å². The number of rotatable bonds is 5. The van der Waals surface area contributed by atoms with Gasteiger partial charge in [-0.1, -0.05) is 0 Å². The van der Waals surface area contributed by atoms with Crippen molar-refractivity contribution < 1.29 is 22.7 Å². The first-order chi connectivity index (χ1) is 11.3. The molecular weight excluding hydrogens is 334 g/mol. The van der Waals surface area contributed by atoms with Crippen molar-refractivity contribution in [3.63, 3.8) is 0 Å². The van der Waals surface area contributed by atoms with Gasteiger partial charge in [-0.25, -0.2) is 8.42 Å². The van der Waals surface area contributed by atoms with Gasteiger partial charge in [0.25, 0.3) is 5.91 Å². The van der Waals surface area contributed by atoms with Crippen molar-refractivity contribution in [2.24, 2.45) is 0 Å². The summed E-state index contributed by atoms with van der Waals surface area (Å²) in [6.45, 7) is 1.90. The van der Waals surface area contributed by atoms with E-state index in [0.717, 1.165) is 6.26 Å². The highest BCUT2D eigenvalue weighted by Gasteiger charge is 2.24. The van der Waals surface area contributed by atoms with E-state index in [9.17, 15) is 18.0 Å². The maximum absolute atomic E-state index is 12.5. The number of nitrogens with zero attached hydrogens (tertiary/aromatic N) is 2. The number of carbonyl (C=O) groups is 2. The SMILES string of the molecule is COCC(=O)N1CCN(C(=O)c2ccc(NS(C)(=O)=O)cc2)CC1. The second kappa shape index (κ2) is 7.63. The van der Waals surface area contributed by atoms with Crippen LogP contribution in [-0.2, 0) is 19.6 Å². The minimum absolute atomic E-state index is 0.0444. The summed E-state index contributed by atoms with van der Waals surface area (Å²) in [5, 5.41) is 0. The lowest BCUT2D eigenvalue weighted by Crippen LogP contribution is -2.51. The van der Waals surface area contributed by atoms with Crippen molar-refractivity contribution in [3.8, 4) is 0 Å². The Bertz CT molecular complexity index is 694. The van der Waals surface area contributed by atoms with Crippen molar-refractivity contribution in [1.82, 2.24) is 9.80 Å². The molecule has 1 heterocycles. The number of hydrogen-bond acceptors (Lipinski definition) is 5. The van der Waals surface area contributed by atoms with Crippen LogP contribution in [0.4, 0.5) is 5.69 Å². The molecule has 24 heavy (non-hydrogen) atoms. The minimum atomic E-state index is -3.34. The number of methoxy groups -OCH3 is 1. The van der Waals surface area contributed by atoms with Crippen LogP contribution in [0.1, 0.15) is 10.4 Å². The number of hydrogen-bond donors (Lipinski definition) is 1. The highest BCUT2D eigenvalue weighted by atomic mass is 32.2. The van der Waals surface area contributed by atoms with Gasteiger partial charge in [-0.05, 0) is 24.3 Å².